The van der Waals surface area contributed by atoms with Gasteiger partial charge in [-0.1, -0.05) is 24.3 Å². The Balaban J connectivity index is 2.16. The van der Waals surface area contributed by atoms with Crippen LogP contribution in [0, 0.1) is 22.7 Å². The van der Waals surface area contributed by atoms with E-state index in [2.05, 4.69) is 12.1 Å². The Kier molecular flexibility index (Phi) is 4.96. The van der Waals surface area contributed by atoms with Gasteiger partial charge >= 0.3 is 0 Å². The molecule has 0 aromatic heterocycles. The summed E-state index contributed by atoms with van der Waals surface area (Å²) in [5.41, 5.74) is 2.58. The van der Waals surface area contributed by atoms with Crippen molar-refractivity contribution in [2.75, 3.05) is 6.61 Å². The van der Waals surface area contributed by atoms with Crippen LogP contribution in [0.4, 0.5) is 0 Å². The Labute approximate surface area is 125 Å². The van der Waals surface area contributed by atoms with E-state index >= 15 is 0 Å². The molecule has 0 aliphatic carbocycles. The SMILES string of the molecule is CCOc1ccc(C(C#N)Cc2cccc(C#N)c2)cc1. The fourth-order valence-corrected chi connectivity index (χ4v) is 2.20. The van der Waals surface area contributed by atoms with Gasteiger partial charge in [-0.25, -0.2) is 0 Å². The standard InChI is InChI=1S/C18H16N2O/c1-2-21-18-8-6-16(7-9-18)17(13-20)11-14-4-3-5-15(10-14)12-19/h3-10,17H,2,11H2,1H3. The summed E-state index contributed by atoms with van der Waals surface area (Å²) in [4.78, 5) is 0. The molecule has 0 aliphatic heterocycles. The highest BCUT2D eigenvalue weighted by Gasteiger charge is 2.12. The van der Waals surface area contributed by atoms with Crippen molar-refractivity contribution >= 4 is 0 Å². The Morgan fingerprint density at radius 2 is 1.86 bits per heavy atom. The number of hydrogen-bond acceptors (Lipinski definition) is 3. The van der Waals surface area contributed by atoms with Gasteiger partial charge in [0, 0.05) is 0 Å². The number of ether oxygens (including phenoxy) is 1. The van der Waals surface area contributed by atoms with E-state index in [1.165, 1.54) is 0 Å². The quantitative estimate of drug-likeness (QED) is 0.834. The maximum Gasteiger partial charge on any atom is 0.119 e. The van der Waals surface area contributed by atoms with E-state index in [-0.39, 0.29) is 5.92 Å². The molecule has 0 heterocycles. The van der Waals surface area contributed by atoms with Crippen molar-refractivity contribution in [3.63, 3.8) is 0 Å². The molecule has 0 bridgehead atoms. The fraction of sp³-hybridized carbons (Fsp3) is 0.222. The second-order valence-electron chi connectivity index (χ2n) is 4.70. The first-order chi connectivity index (χ1) is 10.3. The summed E-state index contributed by atoms with van der Waals surface area (Å²) in [7, 11) is 0. The molecule has 0 fully saturated rings. The Morgan fingerprint density at radius 3 is 2.48 bits per heavy atom. The average Bonchev–Trinajstić information content (AvgIpc) is 2.54. The van der Waals surface area contributed by atoms with Crippen molar-refractivity contribution in [2.24, 2.45) is 0 Å². The number of benzene rings is 2. The largest absolute Gasteiger partial charge is 0.494 e. The van der Waals surface area contributed by atoms with E-state index in [4.69, 9.17) is 10.00 Å². The molecule has 2 aromatic rings. The van der Waals surface area contributed by atoms with Crippen LogP contribution in [0.25, 0.3) is 0 Å². The minimum absolute atomic E-state index is 0.227. The highest BCUT2D eigenvalue weighted by molar-refractivity contribution is 5.37. The first kappa shape index (κ1) is 14.6. The van der Waals surface area contributed by atoms with Gasteiger partial charge in [-0.05, 0) is 48.7 Å². The van der Waals surface area contributed by atoms with Crippen molar-refractivity contribution in [1.82, 2.24) is 0 Å². The molecule has 3 heteroatoms. The smallest absolute Gasteiger partial charge is 0.119 e. The minimum Gasteiger partial charge on any atom is -0.494 e. The molecule has 2 rings (SSSR count). The summed E-state index contributed by atoms with van der Waals surface area (Å²) in [6.07, 6.45) is 0.597. The lowest BCUT2D eigenvalue weighted by Gasteiger charge is -2.11. The van der Waals surface area contributed by atoms with Gasteiger partial charge in [0.05, 0.1) is 30.2 Å². The third-order valence-electron chi connectivity index (χ3n) is 3.25. The summed E-state index contributed by atoms with van der Waals surface area (Å²) >= 11 is 0. The van der Waals surface area contributed by atoms with Gasteiger partial charge in [-0.2, -0.15) is 10.5 Å². The number of nitrogens with zero attached hydrogens (tertiary/aromatic N) is 2. The zero-order valence-corrected chi connectivity index (χ0v) is 11.9. The second kappa shape index (κ2) is 7.12. The molecule has 1 atom stereocenters. The maximum atomic E-state index is 9.39. The summed E-state index contributed by atoms with van der Waals surface area (Å²) in [6, 6.07) is 19.5. The lowest BCUT2D eigenvalue weighted by atomic mass is 9.92. The summed E-state index contributed by atoms with van der Waals surface area (Å²) in [6.45, 7) is 2.57. The van der Waals surface area contributed by atoms with Crippen LogP contribution in [-0.2, 0) is 6.42 Å². The Hall–Kier alpha value is -2.78. The predicted octanol–water partition coefficient (Wildman–Crippen LogP) is 3.81. The average molecular weight is 276 g/mol. The summed E-state index contributed by atoms with van der Waals surface area (Å²) in [5.74, 6) is 0.582. The van der Waals surface area contributed by atoms with Crippen molar-refractivity contribution in [3.05, 3.63) is 65.2 Å². The highest BCUT2D eigenvalue weighted by atomic mass is 16.5. The molecular weight excluding hydrogens is 260 g/mol. The van der Waals surface area contributed by atoms with Crippen LogP contribution in [0.15, 0.2) is 48.5 Å². The van der Waals surface area contributed by atoms with Gasteiger partial charge in [0.25, 0.3) is 0 Å². The molecular formula is C18H16N2O. The minimum atomic E-state index is -0.227. The molecule has 0 radical (unpaired) electrons. The van der Waals surface area contributed by atoms with Gasteiger partial charge in [0.15, 0.2) is 0 Å². The Bertz CT molecular complexity index is 678. The monoisotopic (exact) mass is 276 g/mol. The van der Waals surface area contributed by atoms with Gasteiger partial charge in [0.2, 0.25) is 0 Å². The fourth-order valence-electron chi connectivity index (χ4n) is 2.20. The first-order valence-electron chi connectivity index (χ1n) is 6.88. The molecule has 2 aromatic carbocycles. The zero-order valence-electron chi connectivity index (χ0n) is 11.9. The van der Waals surface area contributed by atoms with Gasteiger partial charge in [-0.15, -0.1) is 0 Å². The third-order valence-corrected chi connectivity index (χ3v) is 3.25. The number of hydrogen-bond donors (Lipinski definition) is 0. The third kappa shape index (κ3) is 3.84. The van der Waals surface area contributed by atoms with Gasteiger partial charge in [0.1, 0.15) is 5.75 Å². The van der Waals surface area contributed by atoms with Crippen LogP contribution in [0.3, 0.4) is 0 Å². The lowest BCUT2D eigenvalue weighted by molar-refractivity contribution is 0.340. The molecule has 0 amide bonds. The summed E-state index contributed by atoms with van der Waals surface area (Å²) in [5, 5.41) is 18.3. The van der Waals surface area contributed by atoms with E-state index in [1.54, 1.807) is 6.07 Å². The van der Waals surface area contributed by atoms with E-state index in [1.807, 2.05) is 49.4 Å². The van der Waals surface area contributed by atoms with Gasteiger partial charge in [-0.3, -0.25) is 0 Å². The molecule has 0 saturated carbocycles. The molecule has 21 heavy (non-hydrogen) atoms. The second-order valence-corrected chi connectivity index (χ2v) is 4.70. The normalized spacial score (nSPS) is 11.2. The van der Waals surface area contributed by atoms with Crippen LogP contribution >= 0.6 is 0 Å². The molecule has 3 nitrogen and oxygen atoms in total. The molecule has 0 saturated heterocycles. The molecule has 104 valence electrons. The zero-order chi connectivity index (χ0) is 15.1. The molecule has 0 N–H and O–H groups in total. The predicted molar refractivity (Wildman–Crippen MR) is 80.8 cm³/mol. The summed E-state index contributed by atoms with van der Waals surface area (Å²) < 4.78 is 5.40. The van der Waals surface area contributed by atoms with Gasteiger partial charge < -0.3 is 4.74 Å². The van der Waals surface area contributed by atoms with Crippen LogP contribution in [0.1, 0.15) is 29.5 Å². The molecule has 0 aliphatic rings. The van der Waals surface area contributed by atoms with Crippen molar-refractivity contribution in [3.8, 4) is 17.9 Å². The van der Waals surface area contributed by atoms with Crippen LogP contribution in [0.5, 0.6) is 5.75 Å². The van der Waals surface area contributed by atoms with Crippen LogP contribution in [-0.4, -0.2) is 6.61 Å². The number of rotatable bonds is 5. The highest BCUT2D eigenvalue weighted by Crippen LogP contribution is 2.23. The van der Waals surface area contributed by atoms with Crippen molar-refractivity contribution < 1.29 is 4.74 Å². The van der Waals surface area contributed by atoms with Crippen LogP contribution < -0.4 is 4.74 Å². The van der Waals surface area contributed by atoms with Crippen LogP contribution in [0.2, 0.25) is 0 Å². The lowest BCUT2D eigenvalue weighted by Crippen LogP contribution is -2.01. The molecule has 0 spiro atoms. The maximum absolute atomic E-state index is 9.39. The van der Waals surface area contributed by atoms with Crippen molar-refractivity contribution in [2.45, 2.75) is 19.3 Å². The topological polar surface area (TPSA) is 56.8 Å². The number of nitriles is 2. The Morgan fingerprint density at radius 1 is 1.10 bits per heavy atom. The van der Waals surface area contributed by atoms with E-state index < -0.39 is 0 Å². The first-order valence-corrected chi connectivity index (χ1v) is 6.88. The molecule has 1 unspecified atom stereocenters. The van der Waals surface area contributed by atoms with E-state index in [0.717, 1.165) is 16.9 Å². The van der Waals surface area contributed by atoms with E-state index in [9.17, 15) is 5.26 Å². The van der Waals surface area contributed by atoms with E-state index in [0.29, 0.717) is 18.6 Å². The van der Waals surface area contributed by atoms with Crippen molar-refractivity contribution in [1.29, 1.82) is 10.5 Å².